The summed E-state index contributed by atoms with van der Waals surface area (Å²) in [6, 6.07) is 13.3. The van der Waals surface area contributed by atoms with Crippen molar-refractivity contribution in [2.24, 2.45) is 0 Å². The molecule has 0 unspecified atom stereocenters. The lowest BCUT2D eigenvalue weighted by Crippen LogP contribution is -2.15. The van der Waals surface area contributed by atoms with Crippen LogP contribution in [-0.4, -0.2) is 5.91 Å². The predicted molar refractivity (Wildman–Crippen MR) is 84.0 cm³/mol. The summed E-state index contributed by atoms with van der Waals surface area (Å²) in [6.07, 6.45) is 2.00. The van der Waals surface area contributed by atoms with Crippen LogP contribution in [0.4, 0.5) is 11.4 Å². The molecule has 0 radical (unpaired) electrons. The SMILES string of the molecule is CCCc1ccccc1NC(=O)c1cc(N)ccc1C. The molecule has 0 saturated carbocycles. The van der Waals surface area contributed by atoms with E-state index < -0.39 is 0 Å². The molecular weight excluding hydrogens is 248 g/mol. The van der Waals surface area contributed by atoms with Gasteiger partial charge in [0.1, 0.15) is 0 Å². The number of anilines is 2. The van der Waals surface area contributed by atoms with E-state index in [9.17, 15) is 4.79 Å². The number of rotatable bonds is 4. The Morgan fingerprint density at radius 2 is 1.95 bits per heavy atom. The van der Waals surface area contributed by atoms with E-state index >= 15 is 0 Å². The summed E-state index contributed by atoms with van der Waals surface area (Å²) in [5, 5.41) is 2.99. The number of amides is 1. The zero-order valence-electron chi connectivity index (χ0n) is 11.9. The smallest absolute Gasteiger partial charge is 0.256 e. The highest BCUT2D eigenvalue weighted by atomic mass is 16.1. The molecule has 0 aliphatic heterocycles. The highest BCUT2D eigenvalue weighted by molar-refractivity contribution is 6.06. The Hall–Kier alpha value is -2.29. The minimum Gasteiger partial charge on any atom is -0.399 e. The number of benzene rings is 2. The second-order valence-corrected chi connectivity index (χ2v) is 4.94. The van der Waals surface area contributed by atoms with Gasteiger partial charge in [-0.3, -0.25) is 4.79 Å². The molecule has 0 aliphatic rings. The molecule has 104 valence electrons. The Morgan fingerprint density at radius 3 is 2.70 bits per heavy atom. The maximum Gasteiger partial charge on any atom is 0.256 e. The normalized spacial score (nSPS) is 10.3. The van der Waals surface area contributed by atoms with E-state index in [-0.39, 0.29) is 5.91 Å². The van der Waals surface area contributed by atoms with Crippen LogP contribution in [0.25, 0.3) is 0 Å². The third kappa shape index (κ3) is 3.18. The van der Waals surface area contributed by atoms with Gasteiger partial charge in [0.15, 0.2) is 0 Å². The fraction of sp³-hybridized carbons (Fsp3) is 0.235. The standard InChI is InChI=1S/C17H20N2O/c1-3-6-13-7-4-5-8-16(13)19-17(20)15-11-14(18)10-9-12(15)2/h4-5,7-11H,3,6,18H2,1-2H3,(H,19,20). The number of nitrogen functional groups attached to an aromatic ring is 1. The van der Waals surface area contributed by atoms with Crippen LogP contribution in [0.5, 0.6) is 0 Å². The zero-order chi connectivity index (χ0) is 14.5. The largest absolute Gasteiger partial charge is 0.399 e. The van der Waals surface area contributed by atoms with Crippen molar-refractivity contribution in [2.75, 3.05) is 11.1 Å². The first-order valence-corrected chi connectivity index (χ1v) is 6.87. The molecule has 0 saturated heterocycles. The number of hydrogen-bond acceptors (Lipinski definition) is 2. The Labute approximate surface area is 119 Å². The quantitative estimate of drug-likeness (QED) is 0.829. The van der Waals surface area contributed by atoms with Crippen LogP contribution >= 0.6 is 0 Å². The lowest BCUT2D eigenvalue weighted by Gasteiger charge is -2.12. The van der Waals surface area contributed by atoms with Crippen LogP contribution in [0.15, 0.2) is 42.5 Å². The third-order valence-electron chi connectivity index (χ3n) is 3.29. The molecule has 2 aromatic carbocycles. The number of nitrogens with two attached hydrogens (primary N) is 1. The Morgan fingerprint density at radius 1 is 1.20 bits per heavy atom. The van der Waals surface area contributed by atoms with Crippen molar-refractivity contribution in [3.8, 4) is 0 Å². The minimum atomic E-state index is -0.113. The number of hydrogen-bond donors (Lipinski definition) is 2. The van der Waals surface area contributed by atoms with Gasteiger partial charge in [0.05, 0.1) is 0 Å². The molecule has 3 heteroatoms. The summed E-state index contributed by atoms with van der Waals surface area (Å²) in [7, 11) is 0. The van der Waals surface area contributed by atoms with E-state index in [1.807, 2.05) is 37.3 Å². The van der Waals surface area contributed by atoms with E-state index in [1.54, 1.807) is 12.1 Å². The van der Waals surface area contributed by atoms with Crippen LogP contribution in [0, 0.1) is 6.92 Å². The lowest BCUT2D eigenvalue weighted by molar-refractivity contribution is 0.102. The van der Waals surface area contributed by atoms with E-state index in [0.717, 1.165) is 29.7 Å². The summed E-state index contributed by atoms with van der Waals surface area (Å²) in [5.74, 6) is -0.113. The number of aryl methyl sites for hydroxylation is 2. The van der Waals surface area contributed by atoms with Crippen molar-refractivity contribution in [1.29, 1.82) is 0 Å². The van der Waals surface area contributed by atoms with Crippen LogP contribution in [-0.2, 0) is 6.42 Å². The second-order valence-electron chi connectivity index (χ2n) is 4.94. The number of carbonyl (C=O) groups excluding carboxylic acids is 1. The van der Waals surface area contributed by atoms with E-state index in [0.29, 0.717) is 11.3 Å². The van der Waals surface area contributed by atoms with Gasteiger partial charge in [-0.2, -0.15) is 0 Å². The van der Waals surface area contributed by atoms with Crippen molar-refractivity contribution < 1.29 is 4.79 Å². The van der Waals surface area contributed by atoms with Crippen molar-refractivity contribution >= 4 is 17.3 Å². The van der Waals surface area contributed by atoms with E-state index in [4.69, 9.17) is 5.73 Å². The van der Waals surface area contributed by atoms with Crippen molar-refractivity contribution in [3.05, 3.63) is 59.2 Å². The molecule has 2 rings (SSSR count). The summed E-state index contributed by atoms with van der Waals surface area (Å²) >= 11 is 0. The van der Waals surface area contributed by atoms with Crippen LogP contribution in [0.3, 0.4) is 0 Å². The third-order valence-corrected chi connectivity index (χ3v) is 3.29. The molecule has 3 N–H and O–H groups in total. The van der Waals surface area contributed by atoms with Gasteiger partial charge in [-0.05, 0) is 42.7 Å². The van der Waals surface area contributed by atoms with Gasteiger partial charge in [0.2, 0.25) is 0 Å². The zero-order valence-corrected chi connectivity index (χ0v) is 11.9. The van der Waals surface area contributed by atoms with Gasteiger partial charge in [-0.15, -0.1) is 0 Å². The Bertz CT molecular complexity index is 620. The average molecular weight is 268 g/mol. The first kappa shape index (κ1) is 14.1. The summed E-state index contributed by atoms with van der Waals surface area (Å²) < 4.78 is 0. The molecule has 0 heterocycles. The maximum atomic E-state index is 12.4. The van der Waals surface area contributed by atoms with Gasteiger partial charge < -0.3 is 11.1 Å². The minimum absolute atomic E-state index is 0.113. The first-order valence-electron chi connectivity index (χ1n) is 6.87. The Kier molecular flexibility index (Phi) is 4.41. The maximum absolute atomic E-state index is 12.4. The van der Waals surface area contributed by atoms with E-state index in [2.05, 4.69) is 12.2 Å². The van der Waals surface area contributed by atoms with Gasteiger partial charge in [0.25, 0.3) is 5.91 Å². The summed E-state index contributed by atoms with van der Waals surface area (Å²) in [4.78, 5) is 12.4. The molecular formula is C17H20N2O. The van der Waals surface area contributed by atoms with Crippen molar-refractivity contribution in [3.63, 3.8) is 0 Å². The fourth-order valence-corrected chi connectivity index (χ4v) is 2.20. The van der Waals surface area contributed by atoms with Crippen LogP contribution in [0.1, 0.15) is 34.8 Å². The number of carbonyl (C=O) groups is 1. The average Bonchev–Trinajstić information content (AvgIpc) is 2.44. The fourth-order valence-electron chi connectivity index (χ4n) is 2.20. The monoisotopic (exact) mass is 268 g/mol. The van der Waals surface area contributed by atoms with Crippen LogP contribution in [0.2, 0.25) is 0 Å². The molecule has 0 fully saturated rings. The van der Waals surface area contributed by atoms with Crippen molar-refractivity contribution in [1.82, 2.24) is 0 Å². The molecule has 2 aromatic rings. The van der Waals surface area contributed by atoms with Gasteiger partial charge in [-0.25, -0.2) is 0 Å². The van der Waals surface area contributed by atoms with Crippen LogP contribution < -0.4 is 11.1 Å². The predicted octanol–water partition coefficient (Wildman–Crippen LogP) is 3.78. The molecule has 0 aromatic heterocycles. The number of para-hydroxylation sites is 1. The highest BCUT2D eigenvalue weighted by Gasteiger charge is 2.11. The summed E-state index contributed by atoms with van der Waals surface area (Å²) in [5.41, 5.74) is 9.93. The Balaban J connectivity index is 2.26. The van der Waals surface area contributed by atoms with Gasteiger partial charge >= 0.3 is 0 Å². The second kappa shape index (κ2) is 6.24. The van der Waals surface area contributed by atoms with E-state index in [1.165, 1.54) is 0 Å². The molecule has 0 bridgehead atoms. The van der Waals surface area contributed by atoms with Gasteiger partial charge in [0, 0.05) is 16.9 Å². The molecule has 1 amide bonds. The molecule has 0 aliphatic carbocycles. The number of nitrogens with one attached hydrogen (secondary N) is 1. The van der Waals surface area contributed by atoms with Gasteiger partial charge in [-0.1, -0.05) is 37.6 Å². The lowest BCUT2D eigenvalue weighted by atomic mass is 10.1. The molecule has 0 atom stereocenters. The first-order chi connectivity index (χ1) is 9.61. The molecule has 20 heavy (non-hydrogen) atoms. The highest BCUT2D eigenvalue weighted by Crippen LogP contribution is 2.19. The molecule has 3 nitrogen and oxygen atoms in total. The molecule has 0 spiro atoms. The topological polar surface area (TPSA) is 55.1 Å². The van der Waals surface area contributed by atoms with Crippen molar-refractivity contribution in [2.45, 2.75) is 26.7 Å². The summed E-state index contributed by atoms with van der Waals surface area (Å²) in [6.45, 7) is 4.03.